The highest BCUT2D eigenvalue weighted by atomic mass is 16.4. The zero-order chi connectivity index (χ0) is 13.3. The Kier molecular flexibility index (Phi) is 2.97. The summed E-state index contributed by atoms with van der Waals surface area (Å²) in [5.74, 6) is -2.63. The van der Waals surface area contributed by atoms with Gasteiger partial charge < -0.3 is 10.2 Å². The van der Waals surface area contributed by atoms with E-state index in [-0.39, 0.29) is 5.56 Å². The standard InChI is InChI=1S/C13H11NO4/c1-2-7-3-4-8-6-9(12(15)16)11(13(17)18)14-10(8)5-7/h3-6H,2H2,1H3,(H,15,16)(H,17,18). The zero-order valence-electron chi connectivity index (χ0n) is 9.67. The molecule has 0 saturated heterocycles. The highest BCUT2D eigenvalue weighted by Gasteiger charge is 2.18. The minimum atomic E-state index is -1.34. The zero-order valence-corrected chi connectivity index (χ0v) is 9.67. The summed E-state index contributed by atoms with van der Waals surface area (Å²) in [6.07, 6.45) is 0.806. The van der Waals surface area contributed by atoms with E-state index in [9.17, 15) is 9.59 Å². The third kappa shape index (κ3) is 2.02. The third-order valence-corrected chi connectivity index (χ3v) is 2.72. The van der Waals surface area contributed by atoms with Crippen LogP contribution >= 0.6 is 0 Å². The summed E-state index contributed by atoms with van der Waals surface area (Å²) in [6, 6.07) is 6.73. The second kappa shape index (κ2) is 4.44. The molecule has 0 unspecified atom stereocenters. The molecule has 5 heteroatoms. The van der Waals surface area contributed by atoms with Crippen LogP contribution in [-0.4, -0.2) is 27.1 Å². The van der Waals surface area contributed by atoms with Crippen molar-refractivity contribution in [3.05, 3.63) is 41.1 Å². The maximum absolute atomic E-state index is 11.0. The molecule has 0 radical (unpaired) electrons. The van der Waals surface area contributed by atoms with E-state index in [4.69, 9.17) is 10.2 Å². The minimum absolute atomic E-state index is 0.292. The lowest BCUT2D eigenvalue weighted by Gasteiger charge is -2.05. The maximum Gasteiger partial charge on any atom is 0.355 e. The first kappa shape index (κ1) is 12.0. The number of pyridine rings is 1. The fourth-order valence-corrected chi connectivity index (χ4v) is 1.76. The van der Waals surface area contributed by atoms with Gasteiger partial charge >= 0.3 is 11.9 Å². The van der Waals surface area contributed by atoms with Crippen LogP contribution in [0.4, 0.5) is 0 Å². The number of nitrogens with zero attached hydrogens (tertiary/aromatic N) is 1. The van der Waals surface area contributed by atoms with Crippen molar-refractivity contribution in [1.29, 1.82) is 0 Å². The first-order valence-electron chi connectivity index (χ1n) is 5.43. The number of carboxylic acid groups (broad SMARTS) is 2. The van der Waals surface area contributed by atoms with Crippen LogP contribution in [0, 0.1) is 0 Å². The van der Waals surface area contributed by atoms with Gasteiger partial charge in [-0.1, -0.05) is 19.1 Å². The van der Waals surface area contributed by atoms with Crippen molar-refractivity contribution in [3.63, 3.8) is 0 Å². The van der Waals surface area contributed by atoms with E-state index >= 15 is 0 Å². The summed E-state index contributed by atoms with van der Waals surface area (Å²) < 4.78 is 0. The van der Waals surface area contributed by atoms with Gasteiger partial charge in [-0.3, -0.25) is 0 Å². The lowest BCUT2D eigenvalue weighted by atomic mass is 10.1. The molecule has 0 saturated carbocycles. The Hall–Kier alpha value is -2.43. The summed E-state index contributed by atoms with van der Waals surface area (Å²) in [5.41, 5.74) is 0.800. The first-order valence-corrected chi connectivity index (χ1v) is 5.43. The van der Waals surface area contributed by atoms with E-state index in [1.165, 1.54) is 6.07 Å². The summed E-state index contributed by atoms with van der Waals surface area (Å²) in [6.45, 7) is 1.98. The monoisotopic (exact) mass is 245 g/mol. The predicted molar refractivity (Wildman–Crippen MR) is 65.0 cm³/mol. The molecule has 0 fully saturated rings. The van der Waals surface area contributed by atoms with Crippen LogP contribution < -0.4 is 0 Å². The summed E-state index contributed by atoms with van der Waals surface area (Å²) in [4.78, 5) is 25.9. The van der Waals surface area contributed by atoms with Crippen LogP contribution in [0.3, 0.4) is 0 Å². The molecule has 18 heavy (non-hydrogen) atoms. The van der Waals surface area contributed by atoms with E-state index in [0.29, 0.717) is 10.9 Å². The van der Waals surface area contributed by atoms with Gasteiger partial charge in [0.1, 0.15) is 0 Å². The molecule has 1 aromatic carbocycles. The van der Waals surface area contributed by atoms with Crippen molar-refractivity contribution < 1.29 is 19.8 Å². The molecule has 1 heterocycles. The fraction of sp³-hybridized carbons (Fsp3) is 0.154. The highest BCUT2D eigenvalue weighted by molar-refractivity contribution is 6.03. The molecule has 92 valence electrons. The molecular weight excluding hydrogens is 234 g/mol. The number of aromatic carboxylic acids is 2. The first-order chi connectivity index (χ1) is 8.52. The SMILES string of the molecule is CCc1ccc2cc(C(=O)O)c(C(=O)O)nc2c1. The Morgan fingerprint density at radius 1 is 1.17 bits per heavy atom. The van der Waals surface area contributed by atoms with E-state index in [0.717, 1.165) is 12.0 Å². The average molecular weight is 245 g/mol. The molecular formula is C13H11NO4. The van der Waals surface area contributed by atoms with Crippen molar-refractivity contribution >= 4 is 22.8 Å². The molecule has 0 aliphatic rings. The molecule has 2 N–H and O–H groups in total. The van der Waals surface area contributed by atoms with Gasteiger partial charge in [0.2, 0.25) is 0 Å². The number of aromatic nitrogens is 1. The Labute approximate surface area is 103 Å². The van der Waals surface area contributed by atoms with Crippen molar-refractivity contribution in [2.75, 3.05) is 0 Å². The van der Waals surface area contributed by atoms with Gasteiger partial charge in [0.15, 0.2) is 5.69 Å². The number of carbonyl (C=O) groups is 2. The van der Waals surface area contributed by atoms with Gasteiger partial charge in [-0.05, 0) is 24.1 Å². The number of aryl methyl sites for hydroxylation is 1. The van der Waals surface area contributed by atoms with Crippen LogP contribution in [0.25, 0.3) is 10.9 Å². The van der Waals surface area contributed by atoms with Gasteiger partial charge in [-0.2, -0.15) is 0 Å². The third-order valence-electron chi connectivity index (χ3n) is 2.72. The molecule has 0 atom stereocenters. The number of fused-ring (bicyclic) bond motifs is 1. The topological polar surface area (TPSA) is 87.5 Å². The Morgan fingerprint density at radius 3 is 2.44 bits per heavy atom. The van der Waals surface area contributed by atoms with Crippen LogP contribution in [0.2, 0.25) is 0 Å². The number of hydrogen-bond acceptors (Lipinski definition) is 3. The predicted octanol–water partition coefficient (Wildman–Crippen LogP) is 2.19. The van der Waals surface area contributed by atoms with Gasteiger partial charge in [-0.15, -0.1) is 0 Å². The maximum atomic E-state index is 11.0. The number of rotatable bonds is 3. The average Bonchev–Trinajstić information content (AvgIpc) is 2.36. The van der Waals surface area contributed by atoms with Gasteiger partial charge in [0.05, 0.1) is 11.1 Å². The highest BCUT2D eigenvalue weighted by Crippen LogP contribution is 2.19. The summed E-state index contributed by atoms with van der Waals surface area (Å²) in [5, 5.41) is 18.6. The fourth-order valence-electron chi connectivity index (χ4n) is 1.76. The molecule has 0 aliphatic heterocycles. The van der Waals surface area contributed by atoms with E-state index < -0.39 is 17.6 Å². The Morgan fingerprint density at radius 2 is 1.89 bits per heavy atom. The van der Waals surface area contributed by atoms with Gasteiger partial charge in [0.25, 0.3) is 0 Å². The molecule has 1 aromatic heterocycles. The van der Waals surface area contributed by atoms with Crippen molar-refractivity contribution in [3.8, 4) is 0 Å². The van der Waals surface area contributed by atoms with Crippen molar-refractivity contribution in [1.82, 2.24) is 4.98 Å². The smallest absolute Gasteiger partial charge is 0.355 e. The van der Waals surface area contributed by atoms with Crippen LogP contribution in [-0.2, 0) is 6.42 Å². The van der Waals surface area contributed by atoms with Gasteiger partial charge in [-0.25, -0.2) is 14.6 Å². The van der Waals surface area contributed by atoms with Crippen molar-refractivity contribution in [2.24, 2.45) is 0 Å². The number of hydrogen-bond donors (Lipinski definition) is 2. The lowest BCUT2D eigenvalue weighted by Crippen LogP contribution is -2.10. The summed E-state index contributed by atoms with van der Waals surface area (Å²) >= 11 is 0. The molecule has 0 amide bonds. The lowest BCUT2D eigenvalue weighted by molar-refractivity contribution is 0.0647. The molecule has 0 bridgehead atoms. The Bertz CT molecular complexity index is 649. The molecule has 2 aromatic rings. The number of benzene rings is 1. The molecule has 2 rings (SSSR count). The second-order valence-corrected chi connectivity index (χ2v) is 3.88. The van der Waals surface area contributed by atoms with E-state index in [1.54, 1.807) is 12.1 Å². The normalized spacial score (nSPS) is 10.5. The van der Waals surface area contributed by atoms with Crippen LogP contribution in [0.15, 0.2) is 24.3 Å². The van der Waals surface area contributed by atoms with Gasteiger partial charge in [0, 0.05) is 5.39 Å². The van der Waals surface area contributed by atoms with Crippen LogP contribution in [0.1, 0.15) is 33.3 Å². The summed E-state index contributed by atoms with van der Waals surface area (Å²) in [7, 11) is 0. The molecule has 0 aliphatic carbocycles. The number of carboxylic acids is 2. The minimum Gasteiger partial charge on any atom is -0.478 e. The second-order valence-electron chi connectivity index (χ2n) is 3.88. The molecule has 0 spiro atoms. The van der Waals surface area contributed by atoms with Crippen molar-refractivity contribution in [2.45, 2.75) is 13.3 Å². The molecule has 5 nitrogen and oxygen atoms in total. The van der Waals surface area contributed by atoms with E-state index in [1.807, 2.05) is 13.0 Å². The Balaban J connectivity index is 2.76. The largest absolute Gasteiger partial charge is 0.478 e. The quantitative estimate of drug-likeness (QED) is 0.865. The van der Waals surface area contributed by atoms with E-state index in [2.05, 4.69) is 4.98 Å². The van der Waals surface area contributed by atoms with Crippen LogP contribution in [0.5, 0.6) is 0 Å².